The van der Waals surface area contributed by atoms with E-state index in [0.717, 1.165) is 18.2 Å². The Hall–Kier alpha value is -4.25. The number of rotatable bonds is 7. The number of likely N-dealkylation sites (tertiary alicyclic amines) is 2. The first-order valence-corrected chi connectivity index (χ1v) is 14.7. The maximum Gasteiger partial charge on any atom is 0.417 e. The van der Waals surface area contributed by atoms with Gasteiger partial charge in [-0.15, -0.1) is 0 Å². The Kier molecular flexibility index (Phi) is 7.74. The third kappa shape index (κ3) is 5.55. The molecular weight excluding hydrogens is 643 g/mol. The van der Waals surface area contributed by atoms with E-state index in [1.165, 1.54) is 28.8 Å². The number of hydrogen-bond acceptors (Lipinski definition) is 9. The van der Waals surface area contributed by atoms with Crippen molar-refractivity contribution in [1.82, 2.24) is 24.8 Å². The highest BCUT2D eigenvalue weighted by Gasteiger charge is 2.44. The summed E-state index contributed by atoms with van der Waals surface area (Å²) >= 11 is 0.698. The van der Waals surface area contributed by atoms with Gasteiger partial charge in [-0.3, -0.25) is 9.69 Å². The summed E-state index contributed by atoms with van der Waals surface area (Å²) < 4.78 is 109. The van der Waals surface area contributed by atoms with Crippen molar-refractivity contribution in [3.05, 3.63) is 48.1 Å². The van der Waals surface area contributed by atoms with Crippen LogP contribution in [0.25, 0.3) is 32.2 Å². The number of alkyl halides is 5. The number of nitrogens with zero attached hydrogens (tertiary/aromatic N) is 6. The molecule has 1 atom stereocenters. The molecular formula is C29H26F7N7O2S. The van der Waals surface area contributed by atoms with E-state index in [1.807, 2.05) is 0 Å². The number of aromatic nitrogens is 3. The maximum atomic E-state index is 16.6. The highest BCUT2D eigenvalue weighted by Crippen LogP contribution is 2.46. The summed E-state index contributed by atoms with van der Waals surface area (Å²) in [5.41, 5.74) is 2.22. The van der Waals surface area contributed by atoms with Gasteiger partial charge in [0.2, 0.25) is 5.91 Å². The Morgan fingerprint density at radius 2 is 1.93 bits per heavy atom. The van der Waals surface area contributed by atoms with Crippen LogP contribution in [0.3, 0.4) is 0 Å². The fraction of sp³-hybridized carbons (Fsp3) is 0.379. The fourth-order valence-corrected chi connectivity index (χ4v) is 6.57. The molecule has 0 bridgehead atoms. The zero-order valence-electron chi connectivity index (χ0n) is 24.3. The van der Waals surface area contributed by atoms with Gasteiger partial charge in [-0.1, -0.05) is 17.9 Å². The third-order valence-electron chi connectivity index (χ3n) is 8.25. The lowest BCUT2D eigenvalue weighted by molar-refractivity contribution is -0.137. The van der Waals surface area contributed by atoms with Crippen LogP contribution in [-0.2, 0) is 11.0 Å². The molecule has 6 rings (SSSR count). The summed E-state index contributed by atoms with van der Waals surface area (Å²) in [4.78, 5) is 28.7. The summed E-state index contributed by atoms with van der Waals surface area (Å²) in [6.07, 6.45) is -4.48. The van der Waals surface area contributed by atoms with Crippen molar-refractivity contribution in [3.63, 3.8) is 0 Å². The van der Waals surface area contributed by atoms with Crippen molar-refractivity contribution < 1.29 is 40.3 Å². The highest BCUT2D eigenvalue weighted by molar-refractivity contribution is 7.22. The molecule has 2 aliphatic heterocycles. The lowest BCUT2D eigenvalue weighted by Gasteiger charge is -2.44. The van der Waals surface area contributed by atoms with Crippen molar-refractivity contribution in [3.8, 4) is 17.1 Å². The summed E-state index contributed by atoms with van der Waals surface area (Å²) in [5.74, 6) is -5.64. The Balaban J connectivity index is 1.52. The van der Waals surface area contributed by atoms with Gasteiger partial charge in [-0.25, -0.2) is 22.5 Å². The lowest BCUT2D eigenvalue weighted by atomic mass is 9.95. The van der Waals surface area contributed by atoms with Gasteiger partial charge in [0, 0.05) is 49.1 Å². The van der Waals surface area contributed by atoms with Crippen LogP contribution < -0.4 is 15.4 Å². The van der Waals surface area contributed by atoms with Crippen LogP contribution in [0.5, 0.6) is 6.01 Å². The van der Waals surface area contributed by atoms with Gasteiger partial charge in [0.1, 0.15) is 23.8 Å². The number of carbonyl (C=O) groups excluding carboxylic acids is 1. The molecule has 4 aromatic rings. The van der Waals surface area contributed by atoms with E-state index in [1.54, 1.807) is 0 Å². The fourth-order valence-electron chi connectivity index (χ4n) is 5.80. The standard InChI is InChI=1S/C29H26F7N7O2S/c1-4-19(44)43-9-14(10-43)42(3)25-16-7-17(29(34,35)36)20(15-5-6-18(30)24-23(15)38-26(37)46-24)21(31)22(16)39-27(40-25)45-11-13-8-28(32,33)12-41(13)2/h4-7,13-14H,1,8-12H2,2-3H3,(H2,37,38)/t13-/m0/s1. The van der Waals surface area contributed by atoms with E-state index >= 15 is 4.39 Å². The number of amides is 1. The highest BCUT2D eigenvalue weighted by atomic mass is 32.1. The molecule has 2 aromatic heterocycles. The molecule has 0 aliphatic carbocycles. The van der Waals surface area contributed by atoms with Crippen LogP contribution in [0.1, 0.15) is 12.0 Å². The second kappa shape index (κ2) is 11.2. The van der Waals surface area contributed by atoms with Crippen LogP contribution in [-0.4, -0.2) is 89.0 Å². The molecule has 0 unspecified atom stereocenters. The molecule has 46 heavy (non-hydrogen) atoms. The number of hydrogen-bond donors (Lipinski definition) is 1. The second-order valence-electron chi connectivity index (χ2n) is 11.3. The molecule has 1 amide bonds. The summed E-state index contributed by atoms with van der Waals surface area (Å²) in [5, 5.41) is -0.456. The van der Waals surface area contributed by atoms with Crippen molar-refractivity contribution in [1.29, 1.82) is 0 Å². The normalized spacial score (nSPS) is 18.7. The van der Waals surface area contributed by atoms with E-state index in [9.17, 15) is 31.1 Å². The van der Waals surface area contributed by atoms with Crippen molar-refractivity contribution >= 4 is 49.3 Å². The van der Waals surface area contributed by atoms with Crippen LogP contribution in [0, 0.1) is 11.6 Å². The smallest absolute Gasteiger partial charge is 0.417 e. The molecule has 0 spiro atoms. The van der Waals surface area contributed by atoms with E-state index in [2.05, 4.69) is 21.5 Å². The number of ether oxygens (including phenoxy) is 1. The van der Waals surface area contributed by atoms with Crippen LogP contribution in [0.15, 0.2) is 30.9 Å². The minimum Gasteiger partial charge on any atom is -0.462 e. The minimum atomic E-state index is -5.10. The molecule has 244 valence electrons. The Morgan fingerprint density at radius 3 is 2.57 bits per heavy atom. The third-order valence-corrected chi connectivity index (χ3v) is 9.14. The predicted octanol–water partition coefficient (Wildman–Crippen LogP) is 5.34. The number of halogens is 7. The first kappa shape index (κ1) is 31.7. The number of carbonyl (C=O) groups is 1. The predicted molar refractivity (Wildman–Crippen MR) is 158 cm³/mol. The maximum absolute atomic E-state index is 16.6. The van der Waals surface area contributed by atoms with Gasteiger partial charge in [-0.05, 0) is 31.3 Å². The van der Waals surface area contributed by atoms with E-state index in [0.29, 0.717) is 17.4 Å². The zero-order chi connectivity index (χ0) is 33.3. The van der Waals surface area contributed by atoms with Crippen LogP contribution >= 0.6 is 11.3 Å². The Bertz CT molecular complexity index is 1880. The average molecular weight is 670 g/mol. The number of thiazole rings is 1. The first-order valence-electron chi connectivity index (χ1n) is 13.9. The monoisotopic (exact) mass is 669 g/mol. The van der Waals surface area contributed by atoms with Gasteiger partial charge in [0.25, 0.3) is 5.92 Å². The quantitative estimate of drug-likeness (QED) is 0.208. The molecule has 0 radical (unpaired) electrons. The number of benzene rings is 2. The van der Waals surface area contributed by atoms with Gasteiger partial charge < -0.3 is 20.3 Å². The largest absolute Gasteiger partial charge is 0.462 e. The van der Waals surface area contributed by atoms with E-state index in [-0.39, 0.29) is 57.7 Å². The summed E-state index contributed by atoms with van der Waals surface area (Å²) in [7, 11) is 3.00. The Labute approximate surface area is 261 Å². The number of anilines is 2. The van der Waals surface area contributed by atoms with Gasteiger partial charge >= 0.3 is 12.2 Å². The summed E-state index contributed by atoms with van der Waals surface area (Å²) in [6.45, 7) is 2.99. The van der Waals surface area contributed by atoms with Gasteiger partial charge in [0.05, 0.1) is 28.4 Å². The number of likely N-dealkylation sites (N-methyl/N-ethyl adjacent to an activating group) is 2. The molecule has 17 heteroatoms. The lowest BCUT2D eigenvalue weighted by Crippen LogP contribution is -2.60. The van der Waals surface area contributed by atoms with Crippen molar-refractivity contribution in [2.75, 3.05) is 51.0 Å². The molecule has 2 saturated heterocycles. The molecule has 2 aliphatic rings. The zero-order valence-corrected chi connectivity index (χ0v) is 25.2. The molecule has 4 heterocycles. The van der Waals surface area contributed by atoms with Gasteiger partial charge in [0.15, 0.2) is 10.9 Å². The topological polar surface area (TPSA) is 101 Å². The van der Waals surface area contributed by atoms with Gasteiger partial charge in [-0.2, -0.15) is 23.1 Å². The number of nitrogen functional groups attached to an aromatic ring is 1. The molecule has 0 saturated carbocycles. The molecule has 2 aromatic carbocycles. The average Bonchev–Trinajstić information content (AvgIpc) is 3.48. The van der Waals surface area contributed by atoms with Crippen molar-refractivity contribution in [2.45, 2.75) is 30.6 Å². The number of nitrogens with two attached hydrogens (primary N) is 1. The van der Waals surface area contributed by atoms with Crippen LogP contribution in [0.2, 0.25) is 0 Å². The molecule has 2 N–H and O–H groups in total. The van der Waals surface area contributed by atoms with E-state index < -0.39 is 71.4 Å². The van der Waals surface area contributed by atoms with Crippen LogP contribution in [0.4, 0.5) is 41.7 Å². The van der Waals surface area contributed by atoms with E-state index in [4.69, 9.17) is 10.5 Å². The molecule has 9 nitrogen and oxygen atoms in total. The SMILES string of the molecule is C=CC(=O)N1CC(N(C)c2nc(OC[C@@H]3CC(F)(F)CN3C)nc3c(F)c(-c4ccc(F)c5sc(N)nc45)c(C(F)(F)F)cc23)C1. The molecule has 2 fully saturated rings. The first-order chi connectivity index (χ1) is 21.6. The summed E-state index contributed by atoms with van der Waals surface area (Å²) in [6, 6.07) is 0.955. The second-order valence-corrected chi connectivity index (χ2v) is 12.3. The minimum absolute atomic E-state index is 0.134. The number of fused-ring (bicyclic) bond motifs is 2. The van der Waals surface area contributed by atoms with Crippen molar-refractivity contribution in [2.24, 2.45) is 0 Å². The Morgan fingerprint density at radius 1 is 1.22 bits per heavy atom.